The molecular formula is C23H32O3. The minimum Gasteiger partial charge on any atom is -0.472 e. The van der Waals surface area contributed by atoms with E-state index >= 15 is 0 Å². The predicted octanol–water partition coefficient (Wildman–Crippen LogP) is 4.80. The third kappa shape index (κ3) is 2.02. The Morgan fingerprint density at radius 3 is 2.65 bits per heavy atom. The summed E-state index contributed by atoms with van der Waals surface area (Å²) in [4.78, 5) is 0. The quantitative estimate of drug-likeness (QED) is 0.711. The topological polar surface area (TPSA) is 53.6 Å². The Bertz CT molecular complexity index is 722. The minimum atomic E-state index is -0.567. The summed E-state index contributed by atoms with van der Waals surface area (Å²) in [6, 6.07) is 2.10. The van der Waals surface area contributed by atoms with Crippen molar-refractivity contribution in [3.8, 4) is 0 Å². The normalized spacial score (nSPS) is 50.5. The molecule has 2 N–H and O–H groups in total. The molecule has 26 heavy (non-hydrogen) atoms. The van der Waals surface area contributed by atoms with Crippen molar-refractivity contribution >= 4 is 0 Å². The van der Waals surface area contributed by atoms with Gasteiger partial charge >= 0.3 is 0 Å². The Morgan fingerprint density at radius 2 is 1.88 bits per heavy atom. The van der Waals surface area contributed by atoms with E-state index in [1.165, 1.54) is 17.6 Å². The third-order valence-electron chi connectivity index (χ3n) is 9.22. The first-order chi connectivity index (χ1) is 12.4. The maximum Gasteiger partial charge on any atom is 0.0937 e. The molecule has 4 aliphatic rings. The van der Waals surface area contributed by atoms with E-state index in [2.05, 4.69) is 26.0 Å². The van der Waals surface area contributed by atoms with Gasteiger partial charge in [0.15, 0.2) is 0 Å². The number of aliphatic hydroxyl groups is 2. The Hall–Kier alpha value is -1.06. The Balaban J connectivity index is 1.52. The van der Waals surface area contributed by atoms with Crippen LogP contribution < -0.4 is 0 Å². The third-order valence-corrected chi connectivity index (χ3v) is 9.22. The standard InChI is InChI=1S/C23H32O3/c1-21-9-5-17(24)13-16(21)3-4-20-19(21)6-10-22(2)18(7-11-23(20,22)25)15-8-12-26-14-15/h8,12-14,17-20,24-25H,3-7,9-11H2,1-2H3/t17?,18?,19-,20-,21+,22-,23-/m1/s1. The summed E-state index contributed by atoms with van der Waals surface area (Å²) in [6.45, 7) is 4.75. The molecular weight excluding hydrogens is 324 g/mol. The second-order valence-corrected chi connectivity index (χ2v) is 10.00. The van der Waals surface area contributed by atoms with Crippen LogP contribution in [0.25, 0.3) is 0 Å². The van der Waals surface area contributed by atoms with Gasteiger partial charge in [-0.2, -0.15) is 0 Å². The number of hydrogen-bond donors (Lipinski definition) is 2. The summed E-state index contributed by atoms with van der Waals surface area (Å²) in [6.07, 6.45) is 13.9. The SMILES string of the molecule is C[C@]12CCC(O)C=C1CC[C@@H]1[C@H]2CC[C@]2(C)C(c3ccoc3)CC[C@@]12O. The largest absolute Gasteiger partial charge is 0.472 e. The van der Waals surface area contributed by atoms with Crippen molar-refractivity contribution in [3.63, 3.8) is 0 Å². The highest BCUT2D eigenvalue weighted by Gasteiger charge is 2.66. The van der Waals surface area contributed by atoms with Gasteiger partial charge in [-0.15, -0.1) is 0 Å². The molecule has 1 aromatic heterocycles. The van der Waals surface area contributed by atoms with Gasteiger partial charge in [0, 0.05) is 5.41 Å². The van der Waals surface area contributed by atoms with E-state index in [4.69, 9.17) is 4.42 Å². The maximum atomic E-state index is 12.1. The van der Waals surface area contributed by atoms with Crippen LogP contribution in [0.15, 0.2) is 34.7 Å². The van der Waals surface area contributed by atoms with Crippen molar-refractivity contribution in [1.29, 1.82) is 0 Å². The van der Waals surface area contributed by atoms with Crippen LogP contribution >= 0.6 is 0 Å². The molecule has 0 bridgehead atoms. The molecule has 2 unspecified atom stereocenters. The number of fused-ring (bicyclic) bond motifs is 5. The van der Waals surface area contributed by atoms with Crippen molar-refractivity contribution in [3.05, 3.63) is 35.8 Å². The fourth-order valence-electron chi connectivity index (χ4n) is 7.69. The van der Waals surface area contributed by atoms with Gasteiger partial charge in [-0.1, -0.05) is 25.5 Å². The van der Waals surface area contributed by atoms with Gasteiger partial charge in [0.1, 0.15) is 0 Å². The maximum absolute atomic E-state index is 12.1. The summed E-state index contributed by atoms with van der Waals surface area (Å²) < 4.78 is 5.38. The average Bonchev–Trinajstić information content (AvgIpc) is 3.21. The second kappa shape index (κ2) is 5.48. The molecule has 0 saturated heterocycles. The van der Waals surface area contributed by atoms with Crippen LogP contribution in [0.2, 0.25) is 0 Å². The van der Waals surface area contributed by atoms with Crippen molar-refractivity contribution in [1.82, 2.24) is 0 Å². The molecule has 0 amide bonds. The summed E-state index contributed by atoms with van der Waals surface area (Å²) >= 11 is 0. The van der Waals surface area contributed by atoms with E-state index in [9.17, 15) is 10.2 Å². The van der Waals surface area contributed by atoms with Crippen LogP contribution in [0.1, 0.15) is 76.7 Å². The molecule has 0 aromatic carbocycles. The van der Waals surface area contributed by atoms with Crippen molar-refractivity contribution in [2.24, 2.45) is 22.7 Å². The molecule has 4 aliphatic carbocycles. The van der Waals surface area contributed by atoms with Crippen LogP contribution in [-0.2, 0) is 0 Å². The van der Waals surface area contributed by atoms with Crippen LogP contribution in [0.4, 0.5) is 0 Å². The van der Waals surface area contributed by atoms with Crippen molar-refractivity contribution in [2.45, 2.75) is 82.8 Å². The van der Waals surface area contributed by atoms with Crippen LogP contribution in [0.3, 0.4) is 0 Å². The van der Waals surface area contributed by atoms with E-state index in [0.717, 1.165) is 44.9 Å². The first kappa shape index (κ1) is 17.1. The lowest BCUT2D eigenvalue weighted by Crippen LogP contribution is -2.60. The number of hydrogen-bond acceptors (Lipinski definition) is 3. The molecule has 0 aliphatic heterocycles. The highest BCUT2D eigenvalue weighted by molar-refractivity contribution is 5.30. The molecule has 3 saturated carbocycles. The van der Waals surface area contributed by atoms with Gasteiger partial charge in [-0.25, -0.2) is 0 Å². The molecule has 0 spiro atoms. The lowest BCUT2D eigenvalue weighted by molar-refractivity contribution is -0.178. The zero-order chi connectivity index (χ0) is 18.2. The first-order valence-corrected chi connectivity index (χ1v) is 10.5. The molecule has 0 radical (unpaired) electrons. The van der Waals surface area contributed by atoms with Gasteiger partial charge in [0.25, 0.3) is 0 Å². The Labute approximate surface area is 156 Å². The summed E-state index contributed by atoms with van der Waals surface area (Å²) in [5.41, 5.74) is 2.29. The molecule has 7 atom stereocenters. The molecule has 5 rings (SSSR count). The van der Waals surface area contributed by atoms with E-state index < -0.39 is 5.60 Å². The number of allylic oxidation sites excluding steroid dienone is 1. The highest BCUT2D eigenvalue weighted by Crippen LogP contribution is 2.70. The van der Waals surface area contributed by atoms with E-state index in [1.54, 1.807) is 6.26 Å². The summed E-state index contributed by atoms with van der Waals surface area (Å²) in [7, 11) is 0. The molecule has 1 aromatic rings. The minimum absolute atomic E-state index is 0.0518. The van der Waals surface area contributed by atoms with Crippen LogP contribution in [0, 0.1) is 22.7 Å². The van der Waals surface area contributed by atoms with Crippen LogP contribution in [-0.4, -0.2) is 21.9 Å². The molecule has 3 heteroatoms. The van der Waals surface area contributed by atoms with Gasteiger partial charge in [0.05, 0.1) is 24.2 Å². The first-order valence-electron chi connectivity index (χ1n) is 10.5. The number of furan rings is 1. The van der Waals surface area contributed by atoms with Crippen molar-refractivity contribution in [2.75, 3.05) is 0 Å². The lowest BCUT2D eigenvalue weighted by Gasteiger charge is -2.61. The fourth-order valence-corrected chi connectivity index (χ4v) is 7.69. The Morgan fingerprint density at radius 1 is 1.04 bits per heavy atom. The van der Waals surface area contributed by atoms with E-state index in [1.807, 2.05) is 6.26 Å². The summed E-state index contributed by atoms with van der Waals surface area (Å²) in [5, 5.41) is 22.2. The number of rotatable bonds is 1. The van der Waals surface area contributed by atoms with Gasteiger partial charge in [-0.3, -0.25) is 0 Å². The monoisotopic (exact) mass is 356 g/mol. The molecule has 1 heterocycles. The van der Waals surface area contributed by atoms with Gasteiger partial charge in [0.2, 0.25) is 0 Å². The Kier molecular flexibility index (Phi) is 3.60. The second-order valence-electron chi connectivity index (χ2n) is 10.00. The smallest absolute Gasteiger partial charge is 0.0937 e. The van der Waals surface area contributed by atoms with E-state index in [-0.39, 0.29) is 16.9 Å². The zero-order valence-corrected chi connectivity index (χ0v) is 16.1. The highest BCUT2D eigenvalue weighted by atomic mass is 16.3. The lowest BCUT2D eigenvalue weighted by atomic mass is 9.45. The summed E-state index contributed by atoms with van der Waals surface area (Å²) in [5.74, 6) is 1.34. The predicted molar refractivity (Wildman–Crippen MR) is 101 cm³/mol. The van der Waals surface area contributed by atoms with Gasteiger partial charge in [-0.05, 0) is 86.2 Å². The molecule has 3 fully saturated rings. The zero-order valence-electron chi connectivity index (χ0n) is 16.1. The van der Waals surface area contributed by atoms with Crippen LogP contribution in [0.5, 0.6) is 0 Å². The van der Waals surface area contributed by atoms with Crippen molar-refractivity contribution < 1.29 is 14.6 Å². The fraction of sp³-hybridized carbons (Fsp3) is 0.739. The van der Waals surface area contributed by atoms with Gasteiger partial charge < -0.3 is 14.6 Å². The average molecular weight is 357 g/mol. The van der Waals surface area contributed by atoms with E-state index in [0.29, 0.717) is 17.8 Å². The number of aliphatic hydroxyl groups excluding tert-OH is 1. The molecule has 142 valence electrons. The molecule has 3 nitrogen and oxygen atoms in total.